The second-order valence-electron chi connectivity index (χ2n) is 7.25. The Balaban J connectivity index is 1.68. The molecule has 2 aromatic rings. The number of carbonyl (C=O) groups excluding carboxylic acids is 1. The van der Waals surface area contributed by atoms with E-state index in [1.54, 1.807) is 19.1 Å². The molecule has 1 aliphatic rings. The average molecular weight is 418 g/mol. The lowest BCUT2D eigenvalue weighted by atomic mass is 10.1. The predicted octanol–water partition coefficient (Wildman–Crippen LogP) is 2.01. The van der Waals surface area contributed by atoms with Gasteiger partial charge in [-0.3, -0.25) is 0 Å². The fraction of sp³-hybridized carbons (Fsp3) is 0.381. The minimum atomic E-state index is -3.76. The van der Waals surface area contributed by atoms with Gasteiger partial charge in [0.2, 0.25) is 10.0 Å². The molecule has 1 aliphatic heterocycles. The third kappa shape index (κ3) is 5.14. The van der Waals surface area contributed by atoms with Gasteiger partial charge in [0.15, 0.2) is 0 Å². The molecule has 0 amide bonds. The SMILES string of the molecule is COC(=O)c1ccc(C)c(S(=O)(=O)NCc2ccc(N3CCN(C)CC3)cc2)c1. The number of hydrogen-bond acceptors (Lipinski definition) is 6. The van der Waals surface area contributed by atoms with Crippen LogP contribution in [0.5, 0.6) is 0 Å². The summed E-state index contributed by atoms with van der Waals surface area (Å²) in [5.41, 5.74) is 2.78. The third-order valence-corrected chi connectivity index (χ3v) is 6.71. The van der Waals surface area contributed by atoms with Crippen molar-refractivity contribution in [2.45, 2.75) is 18.4 Å². The molecular weight excluding hydrogens is 390 g/mol. The monoisotopic (exact) mass is 417 g/mol. The molecule has 1 N–H and O–H groups in total. The van der Waals surface area contributed by atoms with Crippen molar-refractivity contribution in [1.29, 1.82) is 0 Å². The first kappa shape index (κ1) is 21.3. The second-order valence-corrected chi connectivity index (χ2v) is 8.99. The smallest absolute Gasteiger partial charge is 0.337 e. The number of piperazine rings is 1. The summed E-state index contributed by atoms with van der Waals surface area (Å²) >= 11 is 0. The molecule has 1 fully saturated rings. The summed E-state index contributed by atoms with van der Waals surface area (Å²) in [5.74, 6) is -0.569. The highest BCUT2D eigenvalue weighted by atomic mass is 32.2. The van der Waals surface area contributed by atoms with Crippen molar-refractivity contribution in [3.8, 4) is 0 Å². The Bertz CT molecular complexity index is 966. The number of carbonyl (C=O) groups is 1. The highest BCUT2D eigenvalue weighted by Gasteiger charge is 2.19. The molecule has 7 nitrogen and oxygen atoms in total. The number of esters is 1. The Hall–Kier alpha value is -2.42. The van der Waals surface area contributed by atoms with Crippen LogP contribution in [0.15, 0.2) is 47.4 Å². The number of rotatable bonds is 6. The molecule has 0 unspecified atom stereocenters. The van der Waals surface area contributed by atoms with E-state index in [2.05, 4.69) is 26.3 Å². The number of nitrogens with zero attached hydrogens (tertiary/aromatic N) is 2. The molecule has 0 saturated carbocycles. The number of aryl methyl sites for hydroxylation is 1. The fourth-order valence-corrected chi connectivity index (χ4v) is 4.57. The molecule has 0 aliphatic carbocycles. The third-order valence-electron chi connectivity index (χ3n) is 5.17. The zero-order valence-electron chi connectivity index (χ0n) is 17.0. The maximum Gasteiger partial charge on any atom is 0.337 e. The maximum atomic E-state index is 12.8. The predicted molar refractivity (Wildman–Crippen MR) is 113 cm³/mol. The highest BCUT2D eigenvalue weighted by molar-refractivity contribution is 7.89. The van der Waals surface area contributed by atoms with Gasteiger partial charge in [0.1, 0.15) is 0 Å². The first-order chi connectivity index (χ1) is 13.8. The Labute approximate surface area is 172 Å². The van der Waals surface area contributed by atoms with E-state index in [0.717, 1.165) is 37.4 Å². The van der Waals surface area contributed by atoms with Crippen molar-refractivity contribution >= 4 is 21.7 Å². The summed E-state index contributed by atoms with van der Waals surface area (Å²) in [6, 6.07) is 12.4. The van der Waals surface area contributed by atoms with Gasteiger partial charge in [-0.05, 0) is 49.4 Å². The molecule has 0 bridgehead atoms. The van der Waals surface area contributed by atoms with Gasteiger partial charge in [-0.15, -0.1) is 0 Å². The van der Waals surface area contributed by atoms with Gasteiger partial charge >= 0.3 is 5.97 Å². The second kappa shape index (κ2) is 8.94. The zero-order chi connectivity index (χ0) is 21.0. The van der Waals surface area contributed by atoms with Gasteiger partial charge in [-0.25, -0.2) is 17.9 Å². The molecule has 29 heavy (non-hydrogen) atoms. The number of sulfonamides is 1. The van der Waals surface area contributed by atoms with Gasteiger partial charge in [0, 0.05) is 38.4 Å². The number of ether oxygens (including phenoxy) is 1. The summed E-state index contributed by atoms with van der Waals surface area (Å²) < 4.78 is 32.8. The molecule has 0 spiro atoms. The van der Waals surface area contributed by atoms with E-state index < -0.39 is 16.0 Å². The van der Waals surface area contributed by atoms with Crippen LogP contribution >= 0.6 is 0 Å². The fourth-order valence-electron chi connectivity index (χ4n) is 3.28. The van der Waals surface area contributed by atoms with Crippen molar-refractivity contribution in [1.82, 2.24) is 9.62 Å². The quantitative estimate of drug-likeness (QED) is 0.725. The molecule has 0 aromatic heterocycles. The molecule has 1 saturated heterocycles. The van der Waals surface area contributed by atoms with Crippen molar-refractivity contribution in [3.05, 3.63) is 59.2 Å². The van der Waals surface area contributed by atoms with E-state index in [0.29, 0.717) is 5.56 Å². The van der Waals surface area contributed by atoms with Gasteiger partial charge in [-0.1, -0.05) is 18.2 Å². The zero-order valence-corrected chi connectivity index (χ0v) is 17.8. The van der Waals surface area contributed by atoms with Crippen LogP contribution in [0.25, 0.3) is 0 Å². The number of benzene rings is 2. The number of nitrogens with one attached hydrogen (secondary N) is 1. The molecule has 3 rings (SSSR count). The van der Waals surface area contributed by atoms with Crippen LogP contribution in [-0.4, -0.2) is 59.6 Å². The van der Waals surface area contributed by atoms with E-state index >= 15 is 0 Å². The number of methoxy groups -OCH3 is 1. The average Bonchev–Trinajstić information content (AvgIpc) is 2.73. The molecule has 2 aromatic carbocycles. The van der Waals surface area contributed by atoms with Crippen LogP contribution in [0.4, 0.5) is 5.69 Å². The van der Waals surface area contributed by atoms with Crippen molar-refractivity contribution < 1.29 is 17.9 Å². The largest absolute Gasteiger partial charge is 0.465 e. The summed E-state index contributed by atoms with van der Waals surface area (Å²) in [6.45, 7) is 5.90. The van der Waals surface area contributed by atoms with Crippen molar-refractivity contribution in [2.24, 2.45) is 0 Å². The van der Waals surface area contributed by atoms with Crippen LogP contribution in [-0.2, 0) is 21.3 Å². The highest BCUT2D eigenvalue weighted by Crippen LogP contribution is 2.20. The summed E-state index contributed by atoms with van der Waals surface area (Å²) in [4.78, 5) is 16.4. The lowest BCUT2D eigenvalue weighted by Crippen LogP contribution is -2.44. The molecule has 1 heterocycles. The Morgan fingerprint density at radius 1 is 1.07 bits per heavy atom. The molecule has 156 valence electrons. The molecule has 0 radical (unpaired) electrons. The Morgan fingerprint density at radius 3 is 2.34 bits per heavy atom. The standard InChI is InChI=1S/C21H27N3O4S/c1-16-4-7-18(21(25)28-3)14-20(16)29(26,27)22-15-17-5-8-19(9-6-17)24-12-10-23(2)11-13-24/h4-9,14,22H,10-13,15H2,1-3H3. The summed E-state index contributed by atoms with van der Waals surface area (Å²) in [6.07, 6.45) is 0. The summed E-state index contributed by atoms with van der Waals surface area (Å²) in [7, 11) is -0.379. The van der Waals surface area contributed by atoms with Gasteiger partial charge < -0.3 is 14.5 Å². The normalized spacial score (nSPS) is 15.3. The minimum Gasteiger partial charge on any atom is -0.465 e. The summed E-state index contributed by atoms with van der Waals surface area (Å²) in [5, 5.41) is 0. The van der Waals surface area contributed by atoms with Gasteiger partial charge in [0.05, 0.1) is 17.6 Å². The van der Waals surface area contributed by atoms with Gasteiger partial charge in [0.25, 0.3) is 0 Å². The van der Waals surface area contributed by atoms with Gasteiger partial charge in [-0.2, -0.15) is 0 Å². The van der Waals surface area contributed by atoms with Crippen LogP contribution in [0, 0.1) is 6.92 Å². The van der Waals surface area contributed by atoms with Crippen LogP contribution in [0.3, 0.4) is 0 Å². The number of hydrogen-bond donors (Lipinski definition) is 1. The van der Waals surface area contributed by atoms with Crippen LogP contribution in [0.2, 0.25) is 0 Å². The lowest BCUT2D eigenvalue weighted by Gasteiger charge is -2.34. The maximum absolute atomic E-state index is 12.8. The Kier molecular flexibility index (Phi) is 6.56. The van der Waals surface area contributed by atoms with E-state index in [9.17, 15) is 13.2 Å². The lowest BCUT2D eigenvalue weighted by molar-refractivity contribution is 0.0600. The van der Waals surface area contributed by atoms with E-state index in [4.69, 9.17) is 0 Å². The Morgan fingerprint density at radius 2 is 1.72 bits per heavy atom. The van der Waals surface area contributed by atoms with Crippen molar-refractivity contribution in [2.75, 3.05) is 45.2 Å². The van der Waals surface area contributed by atoms with Crippen molar-refractivity contribution in [3.63, 3.8) is 0 Å². The molecule has 0 atom stereocenters. The van der Waals surface area contributed by atoms with Crippen LogP contribution in [0.1, 0.15) is 21.5 Å². The van der Waals surface area contributed by atoms with E-state index in [1.807, 2.05) is 24.3 Å². The topological polar surface area (TPSA) is 78.9 Å². The first-order valence-corrected chi connectivity index (χ1v) is 11.0. The first-order valence-electron chi connectivity index (χ1n) is 9.51. The number of likely N-dealkylation sites (N-methyl/N-ethyl adjacent to an activating group) is 1. The minimum absolute atomic E-state index is 0.0782. The number of anilines is 1. The van der Waals surface area contributed by atoms with Crippen LogP contribution < -0.4 is 9.62 Å². The van der Waals surface area contributed by atoms with E-state index in [-0.39, 0.29) is 17.0 Å². The van der Waals surface area contributed by atoms with E-state index in [1.165, 1.54) is 13.2 Å². The molecule has 8 heteroatoms. The molecular formula is C21H27N3O4S.